The van der Waals surface area contributed by atoms with Crippen molar-refractivity contribution in [3.63, 3.8) is 0 Å². The summed E-state index contributed by atoms with van der Waals surface area (Å²) in [4.78, 5) is 17.2. The molecule has 0 spiro atoms. The molecular formula is C20H28Cl2N2O2. The van der Waals surface area contributed by atoms with Crippen LogP contribution < -0.4 is 0 Å². The van der Waals surface area contributed by atoms with Gasteiger partial charge in [-0.2, -0.15) is 0 Å². The third-order valence-electron chi connectivity index (χ3n) is 5.79. The Bertz CT molecular complexity index is 590. The van der Waals surface area contributed by atoms with Crippen LogP contribution >= 0.6 is 23.2 Å². The number of nitrogens with zero attached hydrogens (tertiary/aromatic N) is 2. The molecule has 1 aromatic rings. The van der Waals surface area contributed by atoms with Crippen LogP contribution in [-0.2, 0) is 16.0 Å². The number of piperidine rings is 2. The van der Waals surface area contributed by atoms with E-state index >= 15 is 0 Å². The molecule has 4 nitrogen and oxygen atoms in total. The number of amides is 1. The van der Waals surface area contributed by atoms with Crippen molar-refractivity contribution in [2.75, 3.05) is 33.3 Å². The molecule has 0 atom stereocenters. The molecule has 2 saturated heterocycles. The summed E-state index contributed by atoms with van der Waals surface area (Å²) < 4.78 is 5.46. The van der Waals surface area contributed by atoms with Crippen LogP contribution in [0.4, 0.5) is 0 Å². The van der Waals surface area contributed by atoms with E-state index in [4.69, 9.17) is 27.9 Å². The third-order valence-corrected chi connectivity index (χ3v) is 6.50. The maximum atomic E-state index is 12.6. The molecule has 1 amide bonds. The molecule has 0 aliphatic carbocycles. The Labute approximate surface area is 166 Å². The Balaban J connectivity index is 1.44. The van der Waals surface area contributed by atoms with Gasteiger partial charge in [-0.25, -0.2) is 0 Å². The average molecular weight is 399 g/mol. The van der Waals surface area contributed by atoms with Gasteiger partial charge >= 0.3 is 0 Å². The van der Waals surface area contributed by atoms with Gasteiger partial charge < -0.3 is 14.5 Å². The Morgan fingerprint density at radius 2 is 1.69 bits per heavy atom. The fourth-order valence-corrected chi connectivity index (χ4v) is 4.70. The number of ether oxygens (including phenoxy) is 1. The van der Waals surface area contributed by atoms with Gasteiger partial charge in [0.1, 0.15) is 0 Å². The van der Waals surface area contributed by atoms with Crippen LogP contribution in [0.5, 0.6) is 0 Å². The lowest BCUT2D eigenvalue weighted by Gasteiger charge is -2.41. The van der Waals surface area contributed by atoms with Crippen LogP contribution in [0, 0.1) is 0 Å². The number of carbonyl (C=O) groups is 1. The number of hydrogen-bond donors (Lipinski definition) is 0. The van der Waals surface area contributed by atoms with Crippen molar-refractivity contribution in [1.29, 1.82) is 0 Å². The van der Waals surface area contributed by atoms with Gasteiger partial charge in [-0.05, 0) is 49.8 Å². The van der Waals surface area contributed by atoms with Gasteiger partial charge in [-0.1, -0.05) is 29.3 Å². The average Bonchev–Trinajstić information content (AvgIpc) is 2.67. The fraction of sp³-hybridized carbons (Fsp3) is 0.650. The molecule has 0 aromatic heterocycles. The smallest absolute Gasteiger partial charge is 0.222 e. The van der Waals surface area contributed by atoms with Gasteiger partial charge in [-0.15, -0.1) is 0 Å². The molecular weight excluding hydrogens is 371 g/mol. The Kier molecular flexibility index (Phi) is 7.21. The topological polar surface area (TPSA) is 32.8 Å². The molecule has 6 heteroatoms. The molecule has 2 aliphatic rings. The van der Waals surface area contributed by atoms with Crippen molar-refractivity contribution in [2.45, 2.75) is 50.7 Å². The number of rotatable bonds is 5. The molecule has 144 valence electrons. The second kappa shape index (κ2) is 9.41. The van der Waals surface area contributed by atoms with E-state index in [9.17, 15) is 4.79 Å². The summed E-state index contributed by atoms with van der Waals surface area (Å²) in [6.45, 7) is 3.93. The monoisotopic (exact) mass is 398 g/mol. The lowest BCUT2D eigenvalue weighted by molar-refractivity contribution is -0.132. The highest BCUT2D eigenvalue weighted by Gasteiger charge is 2.29. The summed E-state index contributed by atoms with van der Waals surface area (Å²) in [6.07, 6.45) is 5.86. The molecule has 2 heterocycles. The molecule has 2 aliphatic heterocycles. The molecule has 26 heavy (non-hydrogen) atoms. The molecule has 0 unspecified atom stereocenters. The maximum Gasteiger partial charge on any atom is 0.222 e. The highest BCUT2D eigenvalue weighted by Crippen LogP contribution is 2.26. The second-order valence-electron chi connectivity index (χ2n) is 7.28. The second-order valence-corrected chi connectivity index (χ2v) is 8.10. The standard InChI is InChI=1S/C20H28Cl2N2O2/c1-26-16-9-13-23(14-10-16)15-7-11-24(12-8-15)20(25)6-5-17-18(21)3-2-4-19(17)22/h2-4,15-16H,5-14H2,1H3. The zero-order chi connectivity index (χ0) is 18.5. The molecule has 2 fully saturated rings. The SMILES string of the molecule is COC1CCN(C2CCN(C(=O)CCc3c(Cl)cccc3Cl)CC2)CC1. The molecule has 0 bridgehead atoms. The number of halogens is 2. The lowest BCUT2D eigenvalue weighted by atomic mass is 9.98. The van der Waals surface area contributed by atoms with E-state index in [2.05, 4.69) is 4.90 Å². The van der Waals surface area contributed by atoms with Crippen LogP contribution in [-0.4, -0.2) is 61.1 Å². The quantitative estimate of drug-likeness (QED) is 0.750. The molecule has 0 N–H and O–H groups in total. The summed E-state index contributed by atoms with van der Waals surface area (Å²) >= 11 is 12.4. The van der Waals surface area contributed by atoms with E-state index in [1.807, 2.05) is 23.1 Å². The minimum atomic E-state index is 0.206. The molecule has 1 aromatic carbocycles. The van der Waals surface area contributed by atoms with E-state index in [-0.39, 0.29) is 5.91 Å². The van der Waals surface area contributed by atoms with Crippen LogP contribution in [0.3, 0.4) is 0 Å². The summed E-state index contributed by atoms with van der Waals surface area (Å²) in [5, 5.41) is 1.28. The van der Waals surface area contributed by atoms with Gasteiger partial charge in [-0.3, -0.25) is 4.79 Å². The van der Waals surface area contributed by atoms with E-state index < -0.39 is 0 Å². The first kappa shape index (κ1) is 19.9. The van der Waals surface area contributed by atoms with E-state index in [0.29, 0.717) is 35.0 Å². The van der Waals surface area contributed by atoms with Crippen molar-refractivity contribution in [2.24, 2.45) is 0 Å². The van der Waals surface area contributed by atoms with Crippen LogP contribution in [0.15, 0.2) is 18.2 Å². The number of benzene rings is 1. The summed E-state index contributed by atoms with van der Waals surface area (Å²) in [7, 11) is 1.81. The highest BCUT2D eigenvalue weighted by molar-refractivity contribution is 6.36. The van der Waals surface area contributed by atoms with Gasteiger partial charge in [0.2, 0.25) is 5.91 Å². The minimum absolute atomic E-state index is 0.206. The third kappa shape index (κ3) is 4.92. The predicted molar refractivity (Wildman–Crippen MR) is 106 cm³/mol. The maximum absolute atomic E-state index is 12.6. The van der Waals surface area contributed by atoms with E-state index in [0.717, 1.165) is 57.4 Å². The Morgan fingerprint density at radius 1 is 1.08 bits per heavy atom. The zero-order valence-electron chi connectivity index (χ0n) is 15.4. The molecule has 3 rings (SSSR count). The van der Waals surface area contributed by atoms with Gasteiger partial charge in [0, 0.05) is 55.8 Å². The van der Waals surface area contributed by atoms with Gasteiger partial charge in [0.15, 0.2) is 0 Å². The van der Waals surface area contributed by atoms with Crippen LogP contribution in [0.2, 0.25) is 10.0 Å². The number of likely N-dealkylation sites (tertiary alicyclic amines) is 2. The first-order valence-corrected chi connectivity index (χ1v) is 10.3. The van der Waals surface area contributed by atoms with Crippen molar-refractivity contribution in [3.05, 3.63) is 33.8 Å². The first-order valence-electron chi connectivity index (χ1n) is 9.56. The molecule has 0 saturated carbocycles. The summed E-state index contributed by atoms with van der Waals surface area (Å²) in [5.74, 6) is 0.206. The predicted octanol–water partition coefficient (Wildman–Crippen LogP) is 4.03. The van der Waals surface area contributed by atoms with Gasteiger partial charge in [0.05, 0.1) is 6.10 Å². The number of carbonyl (C=O) groups excluding carboxylic acids is 1. The van der Waals surface area contributed by atoms with E-state index in [1.54, 1.807) is 7.11 Å². The summed E-state index contributed by atoms with van der Waals surface area (Å²) in [5.41, 5.74) is 0.875. The Morgan fingerprint density at radius 3 is 2.27 bits per heavy atom. The fourth-order valence-electron chi connectivity index (χ4n) is 4.12. The van der Waals surface area contributed by atoms with E-state index in [1.165, 1.54) is 0 Å². The Hall–Kier alpha value is -0.810. The van der Waals surface area contributed by atoms with Gasteiger partial charge in [0.25, 0.3) is 0 Å². The number of methoxy groups -OCH3 is 1. The number of hydrogen-bond acceptors (Lipinski definition) is 3. The largest absolute Gasteiger partial charge is 0.381 e. The van der Waals surface area contributed by atoms with Crippen molar-refractivity contribution in [3.8, 4) is 0 Å². The minimum Gasteiger partial charge on any atom is -0.381 e. The zero-order valence-corrected chi connectivity index (χ0v) is 16.9. The van der Waals surface area contributed by atoms with Crippen LogP contribution in [0.1, 0.15) is 37.7 Å². The highest BCUT2D eigenvalue weighted by atomic mass is 35.5. The van der Waals surface area contributed by atoms with Crippen molar-refractivity contribution in [1.82, 2.24) is 9.80 Å². The first-order chi connectivity index (χ1) is 12.6. The summed E-state index contributed by atoms with van der Waals surface area (Å²) in [6, 6.07) is 6.09. The van der Waals surface area contributed by atoms with Crippen molar-refractivity contribution < 1.29 is 9.53 Å². The van der Waals surface area contributed by atoms with Crippen molar-refractivity contribution >= 4 is 29.1 Å². The van der Waals surface area contributed by atoms with Crippen LogP contribution in [0.25, 0.3) is 0 Å². The molecule has 0 radical (unpaired) electrons. The normalized spacial score (nSPS) is 20.5. The lowest BCUT2D eigenvalue weighted by Crippen LogP contribution is -2.49.